The number of amidine groups is 1. The Kier molecular flexibility index (Phi) is 4.65. The molecule has 1 aliphatic rings. The van der Waals surface area contributed by atoms with E-state index in [-0.39, 0.29) is 11.9 Å². The molecule has 0 aromatic heterocycles. The van der Waals surface area contributed by atoms with E-state index in [1.165, 1.54) is 0 Å². The summed E-state index contributed by atoms with van der Waals surface area (Å²) in [4.78, 5) is 13.7. The number of benzene rings is 1. The number of halogens is 1. The molecule has 1 aliphatic heterocycles. The van der Waals surface area contributed by atoms with Crippen LogP contribution in [0.2, 0.25) is 5.02 Å². The van der Waals surface area contributed by atoms with E-state index in [1.54, 1.807) is 23.1 Å². The molecule has 20 heavy (non-hydrogen) atoms. The van der Waals surface area contributed by atoms with E-state index in [2.05, 4.69) is 10.5 Å². The molecule has 0 saturated carbocycles. The van der Waals surface area contributed by atoms with Crippen LogP contribution in [0.1, 0.15) is 5.56 Å². The largest absolute Gasteiger partial charge is 0.409 e. The third kappa shape index (κ3) is 3.31. The summed E-state index contributed by atoms with van der Waals surface area (Å²) in [5, 5.41) is 14.6. The van der Waals surface area contributed by atoms with Gasteiger partial charge in [0.05, 0.1) is 23.9 Å². The van der Waals surface area contributed by atoms with E-state index in [9.17, 15) is 4.79 Å². The lowest BCUT2D eigenvalue weighted by atomic mass is 10.2. The number of oxime groups is 1. The molecule has 0 aliphatic carbocycles. The maximum absolute atomic E-state index is 12.1. The molecular weight excluding hydrogens is 284 g/mol. The van der Waals surface area contributed by atoms with Gasteiger partial charge < -0.3 is 25.9 Å². The maximum Gasteiger partial charge on any atom is 0.322 e. The average molecular weight is 299 g/mol. The van der Waals surface area contributed by atoms with Crippen LogP contribution in [0.15, 0.2) is 23.4 Å². The summed E-state index contributed by atoms with van der Waals surface area (Å²) in [6.45, 7) is 2.10. The number of hydrogen-bond acceptors (Lipinski definition) is 4. The van der Waals surface area contributed by atoms with Gasteiger partial charge in [0.1, 0.15) is 0 Å². The monoisotopic (exact) mass is 298 g/mol. The molecule has 0 unspecified atom stereocenters. The van der Waals surface area contributed by atoms with Crippen LogP contribution in [0, 0.1) is 0 Å². The summed E-state index contributed by atoms with van der Waals surface area (Å²) in [5.74, 6) is -0.0523. The fourth-order valence-electron chi connectivity index (χ4n) is 1.80. The second-order valence-corrected chi connectivity index (χ2v) is 4.62. The molecule has 8 heteroatoms. The van der Waals surface area contributed by atoms with Gasteiger partial charge in [0, 0.05) is 18.7 Å². The van der Waals surface area contributed by atoms with Gasteiger partial charge in [-0.3, -0.25) is 0 Å². The Balaban J connectivity index is 2.13. The lowest BCUT2D eigenvalue weighted by molar-refractivity contribution is 0.0564. The SMILES string of the molecule is N/C(=N/O)c1ccc(Cl)c(NC(=O)N2CCOCC2)c1. The Labute approximate surface area is 120 Å². The fourth-order valence-corrected chi connectivity index (χ4v) is 1.96. The highest BCUT2D eigenvalue weighted by atomic mass is 35.5. The van der Waals surface area contributed by atoms with Gasteiger partial charge in [0.25, 0.3) is 0 Å². The number of anilines is 1. The standard InChI is InChI=1S/C12H15ClN4O3/c13-9-2-1-8(11(14)16-19)7-10(9)15-12(18)17-3-5-20-6-4-17/h1-2,7,19H,3-6H2,(H2,14,16)(H,15,18). The summed E-state index contributed by atoms with van der Waals surface area (Å²) in [5.41, 5.74) is 6.38. The van der Waals surface area contributed by atoms with Crippen LogP contribution in [0.25, 0.3) is 0 Å². The normalized spacial score (nSPS) is 16.1. The number of amides is 2. The summed E-state index contributed by atoms with van der Waals surface area (Å²) >= 11 is 6.03. The highest BCUT2D eigenvalue weighted by Crippen LogP contribution is 2.23. The number of ether oxygens (including phenoxy) is 1. The molecule has 0 bridgehead atoms. The molecule has 4 N–H and O–H groups in total. The number of hydrogen-bond donors (Lipinski definition) is 3. The van der Waals surface area contributed by atoms with E-state index in [0.717, 1.165) is 0 Å². The molecule has 108 valence electrons. The number of rotatable bonds is 2. The van der Waals surface area contributed by atoms with Crippen molar-refractivity contribution in [2.75, 3.05) is 31.6 Å². The Morgan fingerprint density at radius 2 is 2.15 bits per heavy atom. The van der Waals surface area contributed by atoms with Gasteiger partial charge in [0.2, 0.25) is 0 Å². The van der Waals surface area contributed by atoms with Gasteiger partial charge in [0.15, 0.2) is 5.84 Å². The highest BCUT2D eigenvalue weighted by Gasteiger charge is 2.18. The van der Waals surface area contributed by atoms with Crippen molar-refractivity contribution in [3.63, 3.8) is 0 Å². The van der Waals surface area contributed by atoms with Gasteiger partial charge >= 0.3 is 6.03 Å². The first-order valence-electron chi connectivity index (χ1n) is 6.03. The minimum Gasteiger partial charge on any atom is -0.409 e. The van der Waals surface area contributed by atoms with Crippen molar-refractivity contribution in [1.82, 2.24) is 4.90 Å². The molecule has 0 spiro atoms. The topological polar surface area (TPSA) is 100 Å². The number of urea groups is 1. The Morgan fingerprint density at radius 1 is 1.45 bits per heavy atom. The van der Waals surface area contributed by atoms with Gasteiger partial charge in [-0.15, -0.1) is 0 Å². The van der Waals surface area contributed by atoms with E-state index < -0.39 is 0 Å². The third-order valence-electron chi connectivity index (χ3n) is 2.91. The van der Waals surface area contributed by atoms with Crippen LogP contribution >= 0.6 is 11.6 Å². The summed E-state index contributed by atoms with van der Waals surface area (Å²) in [6.07, 6.45) is 0. The van der Waals surface area contributed by atoms with Gasteiger partial charge in [-0.1, -0.05) is 16.8 Å². The minimum absolute atomic E-state index is 0.0523. The molecule has 1 aromatic carbocycles. The number of nitrogens with zero attached hydrogens (tertiary/aromatic N) is 2. The first-order valence-corrected chi connectivity index (χ1v) is 6.40. The number of nitrogens with two attached hydrogens (primary N) is 1. The van der Waals surface area contributed by atoms with Crippen molar-refractivity contribution in [2.45, 2.75) is 0 Å². The van der Waals surface area contributed by atoms with E-state index in [1.807, 2.05) is 0 Å². The van der Waals surface area contributed by atoms with Crippen LogP contribution in [0.5, 0.6) is 0 Å². The quantitative estimate of drug-likeness (QED) is 0.331. The van der Waals surface area contributed by atoms with E-state index in [0.29, 0.717) is 42.6 Å². The zero-order valence-electron chi connectivity index (χ0n) is 10.7. The van der Waals surface area contributed by atoms with Gasteiger partial charge in [-0.25, -0.2) is 4.79 Å². The van der Waals surface area contributed by atoms with Crippen LogP contribution in [0.4, 0.5) is 10.5 Å². The average Bonchev–Trinajstić information content (AvgIpc) is 2.49. The van der Waals surface area contributed by atoms with E-state index >= 15 is 0 Å². The van der Waals surface area contributed by atoms with Gasteiger partial charge in [-0.2, -0.15) is 0 Å². The molecule has 7 nitrogen and oxygen atoms in total. The molecule has 1 aromatic rings. The van der Waals surface area contributed by atoms with Crippen LogP contribution in [-0.4, -0.2) is 48.3 Å². The lowest BCUT2D eigenvalue weighted by Gasteiger charge is -2.27. The van der Waals surface area contributed by atoms with Gasteiger partial charge in [-0.05, 0) is 18.2 Å². The molecule has 0 radical (unpaired) electrons. The second-order valence-electron chi connectivity index (χ2n) is 4.21. The maximum atomic E-state index is 12.1. The van der Waals surface area contributed by atoms with E-state index in [4.69, 9.17) is 27.3 Å². The minimum atomic E-state index is -0.258. The van der Waals surface area contributed by atoms with Crippen LogP contribution < -0.4 is 11.1 Å². The number of morpholine rings is 1. The Bertz CT molecular complexity index is 529. The Morgan fingerprint density at radius 3 is 2.80 bits per heavy atom. The molecular formula is C12H15ClN4O3. The molecule has 0 atom stereocenters. The van der Waals surface area contributed by atoms with Crippen LogP contribution in [0.3, 0.4) is 0 Å². The zero-order valence-corrected chi connectivity index (χ0v) is 11.4. The smallest absolute Gasteiger partial charge is 0.322 e. The molecule has 1 saturated heterocycles. The highest BCUT2D eigenvalue weighted by molar-refractivity contribution is 6.33. The van der Waals surface area contributed by atoms with Crippen molar-refractivity contribution in [3.8, 4) is 0 Å². The summed E-state index contributed by atoms with van der Waals surface area (Å²) in [7, 11) is 0. The zero-order chi connectivity index (χ0) is 14.5. The molecule has 1 fully saturated rings. The first kappa shape index (κ1) is 14.4. The van der Waals surface area contributed by atoms with Crippen molar-refractivity contribution >= 4 is 29.2 Å². The molecule has 1 heterocycles. The fraction of sp³-hybridized carbons (Fsp3) is 0.333. The second kappa shape index (κ2) is 6.44. The van der Waals surface area contributed by atoms with Crippen molar-refractivity contribution in [3.05, 3.63) is 28.8 Å². The Hall–Kier alpha value is -1.99. The van der Waals surface area contributed by atoms with Crippen LogP contribution in [-0.2, 0) is 4.74 Å². The third-order valence-corrected chi connectivity index (χ3v) is 3.24. The van der Waals surface area contributed by atoms with Crippen molar-refractivity contribution < 1.29 is 14.7 Å². The number of carbonyl (C=O) groups is 1. The van der Waals surface area contributed by atoms with Crippen molar-refractivity contribution in [1.29, 1.82) is 0 Å². The predicted molar refractivity (Wildman–Crippen MR) is 75.4 cm³/mol. The summed E-state index contributed by atoms with van der Waals surface area (Å²) < 4.78 is 5.18. The lowest BCUT2D eigenvalue weighted by Crippen LogP contribution is -2.43. The number of nitrogens with one attached hydrogen (secondary N) is 1. The summed E-state index contributed by atoms with van der Waals surface area (Å²) in [6, 6.07) is 4.47. The molecule has 2 amide bonds. The first-order chi connectivity index (χ1) is 9.61. The van der Waals surface area contributed by atoms with Crippen molar-refractivity contribution in [2.24, 2.45) is 10.9 Å². The predicted octanol–water partition coefficient (Wildman–Crippen LogP) is 1.30. The molecule has 2 rings (SSSR count). The number of carbonyl (C=O) groups excluding carboxylic acids is 1.